The minimum absolute atomic E-state index is 0.210. The molecule has 0 bridgehead atoms. The van der Waals surface area contributed by atoms with Gasteiger partial charge in [-0.25, -0.2) is 4.39 Å². The Bertz CT molecular complexity index is 395. The van der Waals surface area contributed by atoms with E-state index in [1.165, 1.54) is 18.9 Å². The lowest BCUT2D eigenvalue weighted by molar-refractivity contribution is 0.166. The van der Waals surface area contributed by atoms with E-state index < -0.39 is 0 Å². The third kappa shape index (κ3) is 3.67. The summed E-state index contributed by atoms with van der Waals surface area (Å²) in [5.41, 5.74) is 0.891. The molecule has 0 amide bonds. The Morgan fingerprint density at radius 1 is 1.50 bits per heavy atom. The molecule has 2 rings (SSSR count). The first kappa shape index (κ1) is 13.8. The molecule has 1 unspecified atom stereocenters. The van der Waals surface area contributed by atoms with Crippen LogP contribution in [-0.4, -0.2) is 31.6 Å². The van der Waals surface area contributed by atoms with E-state index in [1.807, 2.05) is 7.05 Å². The molecule has 1 aromatic rings. The lowest BCUT2D eigenvalue weighted by Gasteiger charge is -2.32. The second-order valence-electron chi connectivity index (χ2n) is 5.04. The van der Waals surface area contributed by atoms with Gasteiger partial charge in [-0.3, -0.25) is 4.90 Å². The van der Waals surface area contributed by atoms with E-state index in [9.17, 15) is 4.39 Å². The van der Waals surface area contributed by atoms with Gasteiger partial charge in [-0.1, -0.05) is 11.6 Å². The third-order valence-corrected chi connectivity index (χ3v) is 3.87. The molecule has 4 heteroatoms. The van der Waals surface area contributed by atoms with Gasteiger partial charge in [0, 0.05) is 18.1 Å². The molecule has 0 saturated carbocycles. The number of piperidine rings is 1. The zero-order valence-electron chi connectivity index (χ0n) is 10.8. The number of rotatable bonds is 4. The first-order chi connectivity index (χ1) is 8.69. The molecule has 0 radical (unpaired) electrons. The van der Waals surface area contributed by atoms with Crippen molar-refractivity contribution < 1.29 is 4.39 Å². The molecule has 18 heavy (non-hydrogen) atoms. The summed E-state index contributed by atoms with van der Waals surface area (Å²) in [6.07, 6.45) is 2.48. The Balaban J connectivity index is 1.98. The molecule has 100 valence electrons. The van der Waals surface area contributed by atoms with Gasteiger partial charge < -0.3 is 5.32 Å². The highest BCUT2D eigenvalue weighted by atomic mass is 35.5. The van der Waals surface area contributed by atoms with Crippen LogP contribution in [0.1, 0.15) is 18.4 Å². The van der Waals surface area contributed by atoms with Crippen LogP contribution < -0.4 is 5.32 Å². The summed E-state index contributed by atoms with van der Waals surface area (Å²) in [6, 6.07) is 4.59. The molecule has 1 aliphatic rings. The average molecular weight is 271 g/mol. The molecular formula is C14H20ClFN2. The summed E-state index contributed by atoms with van der Waals surface area (Å²) in [5.74, 6) is 0.481. The Hall–Kier alpha value is -0.640. The van der Waals surface area contributed by atoms with Gasteiger partial charge in [-0.05, 0) is 62.7 Å². The monoisotopic (exact) mass is 270 g/mol. The Morgan fingerprint density at radius 3 is 3.11 bits per heavy atom. The fourth-order valence-electron chi connectivity index (χ4n) is 2.66. The van der Waals surface area contributed by atoms with Crippen LogP contribution in [0.15, 0.2) is 18.2 Å². The zero-order valence-corrected chi connectivity index (χ0v) is 11.5. The van der Waals surface area contributed by atoms with E-state index in [-0.39, 0.29) is 5.82 Å². The van der Waals surface area contributed by atoms with Crippen molar-refractivity contribution in [3.63, 3.8) is 0 Å². The second-order valence-corrected chi connectivity index (χ2v) is 5.44. The van der Waals surface area contributed by atoms with E-state index in [1.54, 1.807) is 12.1 Å². The second kappa shape index (κ2) is 6.50. The Labute approximate surface area is 113 Å². The van der Waals surface area contributed by atoms with Gasteiger partial charge >= 0.3 is 0 Å². The highest BCUT2D eigenvalue weighted by Crippen LogP contribution is 2.22. The van der Waals surface area contributed by atoms with E-state index in [0.717, 1.165) is 31.7 Å². The number of likely N-dealkylation sites (tertiary alicyclic amines) is 1. The van der Waals surface area contributed by atoms with Crippen LogP contribution in [0.25, 0.3) is 0 Å². The van der Waals surface area contributed by atoms with Crippen LogP contribution in [0.5, 0.6) is 0 Å². The van der Waals surface area contributed by atoms with Crippen molar-refractivity contribution in [2.24, 2.45) is 5.92 Å². The first-order valence-electron chi connectivity index (χ1n) is 6.50. The molecule has 0 aromatic heterocycles. The average Bonchev–Trinajstić information content (AvgIpc) is 2.35. The molecule has 1 aliphatic heterocycles. The van der Waals surface area contributed by atoms with E-state index >= 15 is 0 Å². The van der Waals surface area contributed by atoms with Crippen LogP contribution in [0.4, 0.5) is 4.39 Å². The van der Waals surface area contributed by atoms with Crippen molar-refractivity contribution in [3.8, 4) is 0 Å². The number of halogens is 2. The maximum atomic E-state index is 13.2. The third-order valence-electron chi connectivity index (χ3n) is 3.50. The standard InChI is InChI=1S/C14H20ClFN2/c1-17-8-11-3-2-6-18(9-11)10-12-7-13(16)4-5-14(12)15/h4-5,7,11,17H,2-3,6,8-10H2,1H3. The lowest BCUT2D eigenvalue weighted by atomic mass is 9.97. The summed E-state index contributed by atoms with van der Waals surface area (Å²) in [6.45, 7) is 3.94. The summed E-state index contributed by atoms with van der Waals surface area (Å²) >= 11 is 6.11. The van der Waals surface area contributed by atoms with Crippen molar-refractivity contribution in [1.82, 2.24) is 10.2 Å². The highest BCUT2D eigenvalue weighted by Gasteiger charge is 2.20. The molecule has 2 nitrogen and oxygen atoms in total. The largest absolute Gasteiger partial charge is 0.319 e. The number of hydrogen-bond acceptors (Lipinski definition) is 2. The number of benzene rings is 1. The highest BCUT2D eigenvalue weighted by molar-refractivity contribution is 6.31. The van der Waals surface area contributed by atoms with E-state index in [0.29, 0.717) is 10.9 Å². The summed E-state index contributed by atoms with van der Waals surface area (Å²) < 4.78 is 13.2. The normalized spacial score (nSPS) is 21.2. The van der Waals surface area contributed by atoms with Gasteiger partial charge in [0.25, 0.3) is 0 Å². The molecule has 1 aromatic carbocycles. The van der Waals surface area contributed by atoms with Gasteiger partial charge in [-0.15, -0.1) is 0 Å². The van der Waals surface area contributed by atoms with Crippen LogP contribution in [0.3, 0.4) is 0 Å². The van der Waals surface area contributed by atoms with Crippen molar-refractivity contribution in [3.05, 3.63) is 34.6 Å². The van der Waals surface area contributed by atoms with Crippen LogP contribution in [-0.2, 0) is 6.54 Å². The maximum absolute atomic E-state index is 13.2. The maximum Gasteiger partial charge on any atom is 0.123 e. The van der Waals surface area contributed by atoms with Crippen molar-refractivity contribution in [2.75, 3.05) is 26.7 Å². The summed E-state index contributed by atoms with van der Waals surface area (Å²) in [7, 11) is 1.99. The van der Waals surface area contributed by atoms with Crippen LogP contribution >= 0.6 is 11.6 Å². The van der Waals surface area contributed by atoms with Gasteiger partial charge in [0.2, 0.25) is 0 Å². The summed E-state index contributed by atoms with van der Waals surface area (Å²) in [4.78, 5) is 2.37. The lowest BCUT2D eigenvalue weighted by Crippen LogP contribution is -2.38. The predicted molar refractivity (Wildman–Crippen MR) is 73.3 cm³/mol. The quantitative estimate of drug-likeness (QED) is 0.905. The minimum atomic E-state index is -0.210. The molecule has 1 heterocycles. The fraction of sp³-hybridized carbons (Fsp3) is 0.571. The number of hydrogen-bond donors (Lipinski definition) is 1. The molecule has 1 fully saturated rings. The van der Waals surface area contributed by atoms with Gasteiger partial charge in [-0.2, -0.15) is 0 Å². The summed E-state index contributed by atoms with van der Waals surface area (Å²) in [5, 5.41) is 3.89. The smallest absolute Gasteiger partial charge is 0.123 e. The Morgan fingerprint density at radius 2 is 2.33 bits per heavy atom. The molecule has 1 N–H and O–H groups in total. The molecule has 1 atom stereocenters. The van der Waals surface area contributed by atoms with E-state index in [2.05, 4.69) is 10.2 Å². The van der Waals surface area contributed by atoms with Crippen LogP contribution in [0, 0.1) is 11.7 Å². The Kier molecular flexibility index (Phi) is 4.98. The van der Waals surface area contributed by atoms with E-state index in [4.69, 9.17) is 11.6 Å². The molecule has 0 aliphatic carbocycles. The zero-order chi connectivity index (χ0) is 13.0. The van der Waals surface area contributed by atoms with Crippen molar-refractivity contribution in [2.45, 2.75) is 19.4 Å². The van der Waals surface area contributed by atoms with Gasteiger partial charge in [0.1, 0.15) is 5.82 Å². The first-order valence-corrected chi connectivity index (χ1v) is 6.87. The molecular weight excluding hydrogens is 251 g/mol. The number of nitrogens with one attached hydrogen (secondary N) is 1. The van der Waals surface area contributed by atoms with Crippen LogP contribution in [0.2, 0.25) is 5.02 Å². The molecule has 1 saturated heterocycles. The fourth-order valence-corrected chi connectivity index (χ4v) is 2.83. The number of nitrogens with zero attached hydrogens (tertiary/aromatic N) is 1. The van der Waals surface area contributed by atoms with Crippen molar-refractivity contribution >= 4 is 11.6 Å². The SMILES string of the molecule is CNCC1CCCN(Cc2cc(F)ccc2Cl)C1. The topological polar surface area (TPSA) is 15.3 Å². The van der Waals surface area contributed by atoms with Crippen molar-refractivity contribution in [1.29, 1.82) is 0 Å². The van der Waals surface area contributed by atoms with Gasteiger partial charge in [0.05, 0.1) is 0 Å². The minimum Gasteiger partial charge on any atom is -0.319 e. The van der Waals surface area contributed by atoms with Gasteiger partial charge in [0.15, 0.2) is 0 Å². The molecule has 0 spiro atoms. The predicted octanol–water partition coefficient (Wildman–Crippen LogP) is 2.91.